The second-order valence-corrected chi connectivity index (χ2v) is 12.9. The second-order valence-electron chi connectivity index (χ2n) is 12.9. The van der Waals surface area contributed by atoms with Gasteiger partial charge in [0.15, 0.2) is 0 Å². The molecule has 0 aromatic heterocycles. The number of carbonyl (C=O) groups excluding carboxylic acids is 4. The van der Waals surface area contributed by atoms with Gasteiger partial charge in [0.05, 0.1) is 32.1 Å². The van der Waals surface area contributed by atoms with Crippen molar-refractivity contribution >= 4 is 29.6 Å². The minimum absolute atomic E-state index is 0.0477. The number of carbonyl (C=O) groups is 5. The summed E-state index contributed by atoms with van der Waals surface area (Å²) in [6.45, 7) is 10.5. The Morgan fingerprint density at radius 1 is 0.708 bits per heavy atom. The van der Waals surface area contributed by atoms with Crippen LogP contribution in [0, 0.1) is 17.8 Å². The number of aliphatic carboxylic acids is 1. The lowest BCUT2D eigenvalue weighted by Crippen LogP contribution is -2.57. The monoisotopic (exact) mass is 668 g/mol. The Morgan fingerprint density at radius 2 is 1.27 bits per heavy atom. The molecule has 0 saturated heterocycles. The minimum atomic E-state index is -1.36. The van der Waals surface area contributed by atoms with E-state index in [1.807, 2.05) is 37.3 Å². The molecule has 0 aliphatic carbocycles. The van der Waals surface area contributed by atoms with Crippen LogP contribution in [0.25, 0.3) is 0 Å². The van der Waals surface area contributed by atoms with E-state index in [0.717, 1.165) is 11.1 Å². The summed E-state index contributed by atoms with van der Waals surface area (Å²) in [6, 6.07) is 12.2. The Morgan fingerprint density at radius 3 is 1.79 bits per heavy atom. The number of rotatable bonds is 19. The van der Waals surface area contributed by atoms with Crippen molar-refractivity contribution in [2.75, 3.05) is 7.11 Å². The molecule has 0 aliphatic rings. The predicted octanol–water partition coefficient (Wildman–Crippen LogP) is 2.61. The van der Waals surface area contributed by atoms with Crippen molar-refractivity contribution in [1.82, 2.24) is 21.3 Å². The third kappa shape index (κ3) is 12.6. The highest BCUT2D eigenvalue weighted by molar-refractivity contribution is 5.91. The number of amides is 4. The molecule has 0 radical (unpaired) electrons. The molecular formula is C36H52N4O8. The maximum Gasteiger partial charge on any atom is 0.326 e. The number of nitrogens with one attached hydrogen (secondary N) is 4. The second kappa shape index (κ2) is 19.4. The third-order valence-corrected chi connectivity index (χ3v) is 8.32. The first-order chi connectivity index (χ1) is 22.7. The van der Waals surface area contributed by atoms with E-state index in [-0.39, 0.29) is 36.5 Å². The summed E-state index contributed by atoms with van der Waals surface area (Å²) in [6.07, 6.45) is -1.05. The maximum absolute atomic E-state index is 13.6. The molecule has 0 saturated carbocycles. The van der Waals surface area contributed by atoms with Crippen LogP contribution >= 0.6 is 0 Å². The van der Waals surface area contributed by atoms with Crippen molar-refractivity contribution in [2.45, 2.75) is 97.5 Å². The molecule has 4 amide bonds. The first kappa shape index (κ1) is 39.7. The number of benzene rings is 2. The molecule has 0 aliphatic heterocycles. The zero-order valence-corrected chi connectivity index (χ0v) is 29.0. The van der Waals surface area contributed by atoms with Gasteiger partial charge in [-0.2, -0.15) is 0 Å². The van der Waals surface area contributed by atoms with Crippen molar-refractivity contribution in [2.24, 2.45) is 17.8 Å². The number of hydrogen-bond acceptors (Lipinski definition) is 7. The number of methoxy groups -OCH3 is 1. The van der Waals surface area contributed by atoms with Crippen molar-refractivity contribution in [1.29, 1.82) is 0 Å². The Bertz CT molecular complexity index is 1350. The summed E-state index contributed by atoms with van der Waals surface area (Å²) < 4.78 is 5.16. The van der Waals surface area contributed by atoms with Gasteiger partial charge in [-0.15, -0.1) is 0 Å². The number of aliphatic hydroxyl groups excluding tert-OH is 1. The van der Waals surface area contributed by atoms with Crippen molar-refractivity contribution in [3.63, 3.8) is 0 Å². The summed E-state index contributed by atoms with van der Waals surface area (Å²) in [4.78, 5) is 64.6. The van der Waals surface area contributed by atoms with E-state index in [2.05, 4.69) is 21.3 Å². The summed E-state index contributed by atoms with van der Waals surface area (Å²) in [7, 11) is 1.55. The van der Waals surface area contributed by atoms with Gasteiger partial charge in [0.2, 0.25) is 23.6 Å². The number of carboxylic acids is 1. The molecule has 12 heteroatoms. The average molecular weight is 669 g/mol. The summed E-state index contributed by atoms with van der Waals surface area (Å²) in [5.74, 6) is -3.67. The van der Waals surface area contributed by atoms with E-state index in [1.54, 1.807) is 66.0 Å². The molecule has 2 aromatic carbocycles. The number of carboxylic acid groups (broad SMARTS) is 1. The smallest absolute Gasteiger partial charge is 0.326 e. The van der Waals surface area contributed by atoms with Crippen molar-refractivity contribution in [3.8, 4) is 5.75 Å². The van der Waals surface area contributed by atoms with Crippen LogP contribution in [0.15, 0.2) is 54.6 Å². The molecule has 0 unspecified atom stereocenters. The van der Waals surface area contributed by atoms with Crippen LogP contribution in [0.1, 0.15) is 65.5 Å². The van der Waals surface area contributed by atoms with Crippen LogP contribution in [0.2, 0.25) is 0 Å². The van der Waals surface area contributed by atoms with Crippen LogP contribution in [-0.2, 0) is 36.8 Å². The molecule has 264 valence electrons. The van der Waals surface area contributed by atoms with Crippen molar-refractivity contribution < 1.29 is 38.9 Å². The zero-order valence-electron chi connectivity index (χ0n) is 29.0. The van der Waals surface area contributed by atoms with Gasteiger partial charge in [-0.25, -0.2) is 4.79 Å². The molecule has 6 atom stereocenters. The van der Waals surface area contributed by atoms with E-state index in [9.17, 15) is 34.2 Å². The van der Waals surface area contributed by atoms with Crippen LogP contribution in [0.4, 0.5) is 0 Å². The Hall–Kier alpha value is -4.45. The molecule has 12 nitrogen and oxygen atoms in total. The molecular weight excluding hydrogens is 616 g/mol. The van der Waals surface area contributed by atoms with Crippen LogP contribution in [0.3, 0.4) is 0 Å². The topological polar surface area (TPSA) is 183 Å². The van der Waals surface area contributed by atoms with Crippen LogP contribution < -0.4 is 26.0 Å². The Balaban J connectivity index is 2.20. The van der Waals surface area contributed by atoms with Crippen LogP contribution in [0.5, 0.6) is 5.75 Å². The third-order valence-electron chi connectivity index (χ3n) is 8.32. The van der Waals surface area contributed by atoms with Gasteiger partial charge < -0.3 is 36.2 Å². The molecule has 2 aromatic rings. The molecule has 6 N–H and O–H groups in total. The number of aliphatic hydroxyl groups is 1. The molecule has 2 rings (SSSR count). The number of ether oxygens (including phenoxy) is 1. The Labute approximate surface area is 283 Å². The van der Waals surface area contributed by atoms with Gasteiger partial charge in [0.1, 0.15) is 23.9 Å². The minimum Gasteiger partial charge on any atom is -0.497 e. The van der Waals surface area contributed by atoms with E-state index in [1.165, 1.54) is 0 Å². The SMILES string of the molecule is CC[C@H](C)[C@H](NC(=O)C[C@H](O)[C@H](Cc1ccccc1)NC(=O)[C@@H](NC(=O)Cc1ccc(OC)cc1)C(C)C)C(=O)N[C@H](C(=O)O)C(C)C. The fourth-order valence-electron chi connectivity index (χ4n) is 5.14. The van der Waals surface area contributed by atoms with Gasteiger partial charge in [0, 0.05) is 0 Å². The van der Waals surface area contributed by atoms with E-state index in [4.69, 9.17) is 4.74 Å². The van der Waals surface area contributed by atoms with Crippen molar-refractivity contribution in [3.05, 3.63) is 65.7 Å². The number of hydrogen-bond donors (Lipinski definition) is 6. The molecule has 0 bridgehead atoms. The standard InChI is InChI=1S/C36H52N4O8/c1-8-23(6)33(35(45)40-32(22(4)5)36(46)47)39-30(43)20-28(41)27(18-24-12-10-9-11-13-24)37-34(44)31(21(2)3)38-29(42)19-25-14-16-26(48-7)17-15-25/h9-17,21-23,27-28,31-33,41H,8,18-20H2,1-7H3,(H,37,44)(H,38,42)(H,39,43)(H,40,45)(H,46,47)/t23-,27-,28-,31-,32-,33-/m0/s1. The Kier molecular flexibility index (Phi) is 16.0. The lowest BCUT2D eigenvalue weighted by molar-refractivity contribution is -0.143. The molecule has 48 heavy (non-hydrogen) atoms. The fraction of sp³-hybridized carbons (Fsp3) is 0.528. The van der Waals surface area contributed by atoms with Gasteiger partial charge in [-0.3, -0.25) is 19.2 Å². The predicted molar refractivity (Wildman–Crippen MR) is 182 cm³/mol. The lowest BCUT2D eigenvalue weighted by Gasteiger charge is -2.30. The largest absolute Gasteiger partial charge is 0.497 e. The normalized spacial score (nSPS) is 15.0. The first-order valence-corrected chi connectivity index (χ1v) is 16.4. The highest BCUT2D eigenvalue weighted by Crippen LogP contribution is 2.15. The molecule has 0 fully saturated rings. The average Bonchev–Trinajstić information content (AvgIpc) is 3.04. The van der Waals surface area contributed by atoms with Crippen LogP contribution in [-0.4, -0.2) is 77.2 Å². The van der Waals surface area contributed by atoms with E-state index < -0.39 is 60.4 Å². The fourth-order valence-corrected chi connectivity index (χ4v) is 5.14. The van der Waals surface area contributed by atoms with Gasteiger partial charge in [0.25, 0.3) is 0 Å². The summed E-state index contributed by atoms with van der Waals surface area (Å²) in [5.41, 5.74) is 1.55. The van der Waals surface area contributed by atoms with E-state index in [0.29, 0.717) is 12.2 Å². The highest BCUT2D eigenvalue weighted by atomic mass is 16.5. The highest BCUT2D eigenvalue weighted by Gasteiger charge is 2.33. The maximum atomic E-state index is 13.6. The lowest BCUT2D eigenvalue weighted by atomic mass is 9.95. The van der Waals surface area contributed by atoms with Gasteiger partial charge in [-0.05, 0) is 47.4 Å². The first-order valence-electron chi connectivity index (χ1n) is 16.4. The molecule has 0 spiro atoms. The summed E-state index contributed by atoms with van der Waals surface area (Å²) in [5, 5.41) is 31.7. The van der Waals surface area contributed by atoms with Gasteiger partial charge in [-0.1, -0.05) is 90.4 Å². The van der Waals surface area contributed by atoms with Gasteiger partial charge >= 0.3 is 5.97 Å². The van der Waals surface area contributed by atoms with E-state index >= 15 is 0 Å². The summed E-state index contributed by atoms with van der Waals surface area (Å²) >= 11 is 0. The quantitative estimate of drug-likeness (QED) is 0.132. The molecule has 0 heterocycles. The zero-order chi connectivity index (χ0) is 36.0.